The summed E-state index contributed by atoms with van der Waals surface area (Å²) >= 11 is 0. The van der Waals surface area contributed by atoms with Crippen molar-refractivity contribution in [2.75, 3.05) is 0 Å². The van der Waals surface area contributed by atoms with Crippen LogP contribution >= 0.6 is 0 Å². The van der Waals surface area contributed by atoms with Gasteiger partial charge in [0.2, 0.25) is 0 Å². The van der Waals surface area contributed by atoms with Crippen LogP contribution in [-0.4, -0.2) is 6.04 Å². The SMILES string of the molecule is CCC(C)C(CC)C(C(C)N)C(C)CC. The van der Waals surface area contributed by atoms with Crippen molar-refractivity contribution in [2.24, 2.45) is 29.4 Å². The molecular formula is C14H31N. The molecule has 92 valence electrons. The monoisotopic (exact) mass is 213 g/mol. The van der Waals surface area contributed by atoms with E-state index in [4.69, 9.17) is 5.73 Å². The minimum atomic E-state index is 0.332. The average molecular weight is 213 g/mol. The second-order valence-electron chi connectivity index (χ2n) is 5.28. The van der Waals surface area contributed by atoms with Crippen molar-refractivity contribution in [2.45, 2.75) is 66.8 Å². The van der Waals surface area contributed by atoms with Crippen LogP contribution in [-0.2, 0) is 0 Å². The molecule has 0 heterocycles. The zero-order valence-electron chi connectivity index (χ0n) is 11.6. The Morgan fingerprint density at radius 3 is 1.53 bits per heavy atom. The molecule has 5 unspecified atom stereocenters. The van der Waals surface area contributed by atoms with Gasteiger partial charge in [-0.15, -0.1) is 0 Å². The van der Waals surface area contributed by atoms with Crippen molar-refractivity contribution in [3.63, 3.8) is 0 Å². The Morgan fingerprint density at radius 2 is 1.27 bits per heavy atom. The largest absolute Gasteiger partial charge is 0.328 e. The summed E-state index contributed by atoms with van der Waals surface area (Å²) in [5.74, 6) is 3.05. The van der Waals surface area contributed by atoms with Gasteiger partial charge in [0.25, 0.3) is 0 Å². The van der Waals surface area contributed by atoms with E-state index in [1.54, 1.807) is 0 Å². The van der Waals surface area contributed by atoms with Crippen LogP contribution in [0.1, 0.15) is 60.8 Å². The highest BCUT2D eigenvalue weighted by Gasteiger charge is 2.30. The zero-order valence-corrected chi connectivity index (χ0v) is 11.6. The first-order valence-electron chi connectivity index (χ1n) is 6.74. The maximum absolute atomic E-state index is 6.18. The maximum Gasteiger partial charge on any atom is 0.00440 e. The lowest BCUT2D eigenvalue weighted by molar-refractivity contribution is 0.142. The molecule has 1 heteroatoms. The topological polar surface area (TPSA) is 26.0 Å². The van der Waals surface area contributed by atoms with Crippen molar-refractivity contribution in [1.29, 1.82) is 0 Å². The fraction of sp³-hybridized carbons (Fsp3) is 1.00. The highest BCUT2D eigenvalue weighted by Crippen LogP contribution is 2.34. The van der Waals surface area contributed by atoms with Crippen LogP contribution < -0.4 is 5.73 Å². The van der Waals surface area contributed by atoms with E-state index < -0.39 is 0 Å². The third kappa shape index (κ3) is 4.14. The molecule has 0 saturated carbocycles. The second kappa shape index (κ2) is 7.27. The number of nitrogens with two attached hydrogens (primary N) is 1. The summed E-state index contributed by atoms with van der Waals surface area (Å²) < 4.78 is 0. The van der Waals surface area contributed by atoms with Gasteiger partial charge >= 0.3 is 0 Å². The molecule has 0 rings (SSSR count). The van der Waals surface area contributed by atoms with E-state index in [1.807, 2.05) is 0 Å². The standard InChI is InChI=1S/C14H31N/c1-7-10(4)13(9-3)14(12(6)15)11(5)8-2/h10-14H,7-9,15H2,1-6H3. The summed E-state index contributed by atoms with van der Waals surface area (Å²) in [5, 5.41) is 0. The summed E-state index contributed by atoms with van der Waals surface area (Å²) in [4.78, 5) is 0. The molecule has 2 N–H and O–H groups in total. The van der Waals surface area contributed by atoms with E-state index in [-0.39, 0.29) is 0 Å². The van der Waals surface area contributed by atoms with Crippen LogP contribution in [0.15, 0.2) is 0 Å². The van der Waals surface area contributed by atoms with Crippen LogP contribution in [0.4, 0.5) is 0 Å². The molecule has 0 amide bonds. The number of hydrogen-bond donors (Lipinski definition) is 1. The highest BCUT2D eigenvalue weighted by molar-refractivity contribution is 4.82. The van der Waals surface area contributed by atoms with Crippen LogP contribution in [0, 0.1) is 23.7 Å². The Balaban J connectivity index is 4.69. The van der Waals surface area contributed by atoms with Crippen LogP contribution in [0.2, 0.25) is 0 Å². The first kappa shape index (κ1) is 15.0. The molecule has 0 aromatic rings. The first-order valence-corrected chi connectivity index (χ1v) is 6.74. The van der Waals surface area contributed by atoms with Crippen LogP contribution in [0.5, 0.6) is 0 Å². The van der Waals surface area contributed by atoms with E-state index in [1.165, 1.54) is 19.3 Å². The van der Waals surface area contributed by atoms with Gasteiger partial charge in [-0.1, -0.05) is 53.9 Å². The van der Waals surface area contributed by atoms with Crippen molar-refractivity contribution in [3.05, 3.63) is 0 Å². The Kier molecular flexibility index (Phi) is 7.25. The lowest BCUT2D eigenvalue weighted by Crippen LogP contribution is -2.39. The summed E-state index contributed by atoms with van der Waals surface area (Å²) in [7, 11) is 0. The van der Waals surface area contributed by atoms with Crippen LogP contribution in [0.3, 0.4) is 0 Å². The predicted molar refractivity (Wildman–Crippen MR) is 69.8 cm³/mol. The molecule has 0 radical (unpaired) electrons. The van der Waals surface area contributed by atoms with Crippen LogP contribution in [0.25, 0.3) is 0 Å². The molecule has 0 saturated heterocycles. The van der Waals surface area contributed by atoms with Crippen molar-refractivity contribution in [3.8, 4) is 0 Å². The Morgan fingerprint density at radius 1 is 0.800 bits per heavy atom. The Labute approximate surface area is 96.8 Å². The van der Waals surface area contributed by atoms with E-state index in [0.29, 0.717) is 12.0 Å². The quantitative estimate of drug-likeness (QED) is 0.678. The van der Waals surface area contributed by atoms with E-state index in [2.05, 4.69) is 41.5 Å². The summed E-state index contributed by atoms with van der Waals surface area (Å²) in [6.07, 6.45) is 3.79. The van der Waals surface area contributed by atoms with Gasteiger partial charge in [-0.05, 0) is 30.6 Å². The molecule has 5 atom stereocenters. The van der Waals surface area contributed by atoms with Gasteiger partial charge in [0, 0.05) is 6.04 Å². The third-order valence-corrected chi connectivity index (χ3v) is 4.25. The molecular weight excluding hydrogens is 182 g/mol. The Hall–Kier alpha value is -0.0400. The normalized spacial score (nSPS) is 21.8. The predicted octanol–water partition coefficient (Wildman–Crippen LogP) is 4.07. The number of rotatable bonds is 7. The van der Waals surface area contributed by atoms with E-state index >= 15 is 0 Å². The van der Waals surface area contributed by atoms with Gasteiger partial charge in [-0.3, -0.25) is 0 Å². The minimum absolute atomic E-state index is 0.332. The van der Waals surface area contributed by atoms with E-state index in [9.17, 15) is 0 Å². The molecule has 0 fully saturated rings. The van der Waals surface area contributed by atoms with Gasteiger partial charge < -0.3 is 5.73 Å². The summed E-state index contributed by atoms with van der Waals surface area (Å²) in [6.45, 7) is 13.8. The molecule has 0 aliphatic rings. The molecule has 0 aromatic carbocycles. The molecule has 0 aromatic heterocycles. The van der Waals surface area contributed by atoms with Crippen molar-refractivity contribution in [1.82, 2.24) is 0 Å². The second-order valence-corrected chi connectivity index (χ2v) is 5.28. The van der Waals surface area contributed by atoms with Gasteiger partial charge in [-0.2, -0.15) is 0 Å². The highest BCUT2D eigenvalue weighted by atomic mass is 14.6. The Bertz CT molecular complexity index is 153. The molecule has 0 aliphatic heterocycles. The van der Waals surface area contributed by atoms with Crippen molar-refractivity contribution < 1.29 is 0 Å². The lowest BCUT2D eigenvalue weighted by atomic mass is 9.70. The number of hydrogen-bond acceptors (Lipinski definition) is 1. The average Bonchev–Trinajstić information content (AvgIpc) is 2.22. The minimum Gasteiger partial charge on any atom is -0.328 e. The lowest BCUT2D eigenvalue weighted by Gasteiger charge is -2.37. The smallest absolute Gasteiger partial charge is 0.00440 e. The van der Waals surface area contributed by atoms with Gasteiger partial charge in [-0.25, -0.2) is 0 Å². The summed E-state index contributed by atoms with van der Waals surface area (Å²) in [6, 6.07) is 0.332. The molecule has 1 nitrogen and oxygen atoms in total. The maximum atomic E-state index is 6.18. The fourth-order valence-electron chi connectivity index (χ4n) is 2.96. The van der Waals surface area contributed by atoms with Gasteiger partial charge in [0.1, 0.15) is 0 Å². The molecule has 0 spiro atoms. The summed E-state index contributed by atoms with van der Waals surface area (Å²) in [5.41, 5.74) is 6.18. The first-order chi connectivity index (χ1) is 6.99. The van der Waals surface area contributed by atoms with E-state index in [0.717, 1.165) is 17.8 Å². The molecule has 0 bridgehead atoms. The zero-order chi connectivity index (χ0) is 12.0. The van der Waals surface area contributed by atoms with Gasteiger partial charge in [0.15, 0.2) is 0 Å². The fourth-order valence-corrected chi connectivity index (χ4v) is 2.96. The van der Waals surface area contributed by atoms with Gasteiger partial charge in [0.05, 0.1) is 0 Å². The molecule has 15 heavy (non-hydrogen) atoms. The third-order valence-electron chi connectivity index (χ3n) is 4.25. The molecule has 0 aliphatic carbocycles. The van der Waals surface area contributed by atoms with Crippen molar-refractivity contribution >= 4 is 0 Å².